The van der Waals surface area contributed by atoms with Crippen molar-refractivity contribution in [3.63, 3.8) is 0 Å². The maximum atomic E-state index is 5.10. The highest BCUT2D eigenvalue weighted by Crippen LogP contribution is 2.03. The third kappa shape index (κ3) is 5.26. The van der Waals surface area contributed by atoms with E-state index in [1.54, 1.807) is 14.2 Å². The molecule has 0 spiro atoms. The zero-order valence-electron chi connectivity index (χ0n) is 10.1. The molecule has 0 aliphatic carbocycles. The van der Waals surface area contributed by atoms with Crippen molar-refractivity contribution in [1.82, 2.24) is 4.90 Å². The van der Waals surface area contributed by atoms with Gasteiger partial charge in [0.05, 0.1) is 13.2 Å². The lowest BCUT2D eigenvalue weighted by atomic mass is 10.2. The second kappa shape index (κ2) is 8.28. The monoisotopic (exact) mass is 222 g/mol. The van der Waals surface area contributed by atoms with Crippen LogP contribution in [0.3, 0.4) is 0 Å². The lowest BCUT2D eigenvalue weighted by molar-refractivity contribution is 0.110. The minimum Gasteiger partial charge on any atom is -0.383 e. The maximum absolute atomic E-state index is 5.10. The van der Waals surface area contributed by atoms with E-state index in [9.17, 15) is 0 Å². The minimum absolute atomic E-state index is 0.750. The zero-order chi connectivity index (χ0) is 11.6. The summed E-state index contributed by atoms with van der Waals surface area (Å²) in [5, 5.41) is 0. The Kier molecular flexibility index (Phi) is 6.81. The summed E-state index contributed by atoms with van der Waals surface area (Å²) >= 11 is 0. The molecule has 0 fully saturated rings. The first-order chi connectivity index (χ1) is 7.86. The summed E-state index contributed by atoms with van der Waals surface area (Å²) in [6.45, 7) is 4.27. The lowest BCUT2D eigenvalue weighted by Gasteiger charge is -2.21. The summed E-state index contributed by atoms with van der Waals surface area (Å²) in [6.07, 6.45) is 0. The predicted molar refractivity (Wildman–Crippen MR) is 64.3 cm³/mol. The van der Waals surface area contributed by atoms with Crippen LogP contribution < -0.4 is 0 Å². The van der Waals surface area contributed by atoms with Crippen LogP contribution in [0.5, 0.6) is 0 Å². The van der Waals surface area contributed by atoms with Gasteiger partial charge >= 0.3 is 0 Å². The van der Waals surface area contributed by atoms with E-state index in [0.29, 0.717) is 0 Å². The number of hydrogen-bond acceptors (Lipinski definition) is 3. The third-order valence-corrected chi connectivity index (χ3v) is 2.40. The Morgan fingerprint density at radius 1 is 1.19 bits per heavy atom. The molecule has 3 nitrogen and oxygen atoms in total. The van der Waals surface area contributed by atoms with E-state index in [1.807, 2.05) is 18.2 Å². The molecule has 0 N–H and O–H groups in total. The average Bonchev–Trinajstić information content (AvgIpc) is 2.34. The van der Waals surface area contributed by atoms with Crippen LogP contribution in [0.15, 0.2) is 24.3 Å². The summed E-state index contributed by atoms with van der Waals surface area (Å²) in [5.41, 5.74) is 1.27. The van der Waals surface area contributed by atoms with Gasteiger partial charge in [0.1, 0.15) is 0 Å². The van der Waals surface area contributed by atoms with Crippen LogP contribution in [-0.2, 0) is 16.0 Å². The molecule has 0 saturated heterocycles. The smallest absolute Gasteiger partial charge is 0.0589 e. The molecule has 16 heavy (non-hydrogen) atoms. The van der Waals surface area contributed by atoms with E-state index in [0.717, 1.165) is 32.8 Å². The molecule has 1 radical (unpaired) electrons. The van der Waals surface area contributed by atoms with E-state index in [1.165, 1.54) is 5.56 Å². The summed E-state index contributed by atoms with van der Waals surface area (Å²) in [6, 6.07) is 11.2. The summed E-state index contributed by atoms with van der Waals surface area (Å²) in [5.74, 6) is 0. The van der Waals surface area contributed by atoms with Gasteiger partial charge in [0.25, 0.3) is 0 Å². The topological polar surface area (TPSA) is 21.7 Å². The second-order valence-corrected chi connectivity index (χ2v) is 3.67. The van der Waals surface area contributed by atoms with Crippen molar-refractivity contribution < 1.29 is 9.47 Å². The molecule has 89 valence electrons. The Morgan fingerprint density at radius 2 is 1.88 bits per heavy atom. The van der Waals surface area contributed by atoms with Crippen LogP contribution in [0.4, 0.5) is 0 Å². The Labute approximate surface area is 98.0 Å². The van der Waals surface area contributed by atoms with Crippen LogP contribution >= 0.6 is 0 Å². The first kappa shape index (κ1) is 13.2. The second-order valence-electron chi connectivity index (χ2n) is 3.67. The van der Waals surface area contributed by atoms with Gasteiger partial charge in [-0.05, 0) is 17.7 Å². The van der Waals surface area contributed by atoms with Crippen molar-refractivity contribution >= 4 is 0 Å². The Bertz CT molecular complexity index is 256. The zero-order valence-corrected chi connectivity index (χ0v) is 10.1. The van der Waals surface area contributed by atoms with Crippen molar-refractivity contribution in [2.45, 2.75) is 6.54 Å². The highest BCUT2D eigenvalue weighted by Gasteiger charge is 2.04. The van der Waals surface area contributed by atoms with Crippen LogP contribution in [0.25, 0.3) is 0 Å². The molecular weight excluding hydrogens is 202 g/mol. The van der Waals surface area contributed by atoms with E-state index in [2.05, 4.69) is 17.0 Å². The molecule has 3 heteroatoms. The molecule has 1 aromatic rings. The van der Waals surface area contributed by atoms with Gasteiger partial charge in [-0.2, -0.15) is 0 Å². The standard InChI is InChI=1S/C13H20NO2/c1-15-10-8-14(9-11-16-2)12-13-6-4-3-5-7-13/h3-4,6-7H,8-12H2,1-2H3. The van der Waals surface area contributed by atoms with Crippen molar-refractivity contribution in [3.05, 3.63) is 35.9 Å². The van der Waals surface area contributed by atoms with Crippen LogP contribution in [0.2, 0.25) is 0 Å². The summed E-state index contributed by atoms with van der Waals surface area (Å²) < 4.78 is 10.2. The van der Waals surface area contributed by atoms with Gasteiger partial charge in [-0.15, -0.1) is 0 Å². The van der Waals surface area contributed by atoms with E-state index < -0.39 is 0 Å². The largest absolute Gasteiger partial charge is 0.383 e. The van der Waals surface area contributed by atoms with Crippen molar-refractivity contribution in [2.75, 3.05) is 40.5 Å². The number of methoxy groups -OCH3 is 2. The number of nitrogens with zero attached hydrogens (tertiary/aromatic N) is 1. The molecule has 0 saturated carbocycles. The Hall–Kier alpha value is -0.900. The SMILES string of the molecule is COCCN(CCOC)Cc1c[c]ccc1. The van der Waals surface area contributed by atoms with E-state index in [4.69, 9.17) is 9.47 Å². The van der Waals surface area contributed by atoms with Crippen LogP contribution in [0.1, 0.15) is 5.56 Å². The van der Waals surface area contributed by atoms with Crippen LogP contribution in [0, 0.1) is 6.07 Å². The first-order valence-corrected chi connectivity index (χ1v) is 5.52. The van der Waals surface area contributed by atoms with Crippen molar-refractivity contribution in [1.29, 1.82) is 0 Å². The normalized spacial score (nSPS) is 10.9. The molecule has 0 atom stereocenters. The first-order valence-electron chi connectivity index (χ1n) is 5.52. The van der Waals surface area contributed by atoms with Gasteiger partial charge in [-0.1, -0.05) is 18.2 Å². The molecule has 0 aromatic heterocycles. The fourth-order valence-electron chi connectivity index (χ4n) is 1.50. The van der Waals surface area contributed by atoms with Gasteiger partial charge in [0.2, 0.25) is 0 Å². The molecule has 0 bridgehead atoms. The average molecular weight is 222 g/mol. The Morgan fingerprint density at radius 3 is 2.38 bits per heavy atom. The molecule has 0 aliphatic heterocycles. The van der Waals surface area contributed by atoms with Gasteiger partial charge in [0.15, 0.2) is 0 Å². The molecule has 0 amide bonds. The summed E-state index contributed by atoms with van der Waals surface area (Å²) in [7, 11) is 3.45. The lowest BCUT2D eigenvalue weighted by Crippen LogP contribution is -2.30. The quantitative estimate of drug-likeness (QED) is 0.666. The molecule has 1 aromatic carbocycles. The highest BCUT2D eigenvalue weighted by atomic mass is 16.5. The van der Waals surface area contributed by atoms with Gasteiger partial charge in [-0.3, -0.25) is 4.90 Å². The Balaban J connectivity index is 2.42. The number of rotatable bonds is 8. The summed E-state index contributed by atoms with van der Waals surface area (Å²) in [4.78, 5) is 2.32. The van der Waals surface area contributed by atoms with Crippen molar-refractivity contribution in [3.8, 4) is 0 Å². The predicted octanol–water partition coefficient (Wildman–Crippen LogP) is 1.58. The fraction of sp³-hybridized carbons (Fsp3) is 0.538. The number of hydrogen-bond donors (Lipinski definition) is 0. The molecule has 0 heterocycles. The molecule has 1 rings (SSSR count). The van der Waals surface area contributed by atoms with Crippen LogP contribution in [-0.4, -0.2) is 45.4 Å². The van der Waals surface area contributed by atoms with E-state index >= 15 is 0 Å². The maximum Gasteiger partial charge on any atom is 0.0589 e. The molecular formula is C13H20NO2. The molecule has 0 unspecified atom stereocenters. The third-order valence-electron chi connectivity index (χ3n) is 2.40. The van der Waals surface area contributed by atoms with Gasteiger partial charge in [0, 0.05) is 33.9 Å². The molecule has 0 aliphatic rings. The van der Waals surface area contributed by atoms with Crippen molar-refractivity contribution in [2.24, 2.45) is 0 Å². The fourth-order valence-corrected chi connectivity index (χ4v) is 1.50. The number of ether oxygens (including phenoxy) is 2. The number of benzene rings is 1. The van der Waals surface area contributed by atoms with Gasteiger partial charge in [-0.25, -0.2) is 0 Å². The van der Waals surface area contributed by atoms with Gasteiger partial charge < -0.3 is 9.47 Å². The minimum atomic E-state index is 0.750. The highest BCUT2D eigenvalue weighted by molar-refractivity contribution is 5.13. The van der Waals surface area contributed by atoms with E-state index in [-0.39, 0.29) is 0 Å².